The summed E-state index contributed by atoms with van der Waals surface area (Å²) in [7, 11) is -9.65. The van der Waals surface area contributed by atoms with E-state index in [2.05, 4.69) is 13.8 Å². The topological polar surface area (TPSA) is 308 Å². The van der Waals surface area contributed by atoms with E-state index in [-0.39, 0.29) is 29.9 Å². The molecule has 0 N–H and O–H groups in total. The van der Waals surface area contributed by atoms with Crippen molar-refractivity contribution in [1.29, 1.82) is 0 Å². The molecule has 49 heavy (non-hydrogen) atoms. The lowest BCUT2D eigenvalue weighted by atomic mass is 10.0. The van der Waals surface area contributed by atoms with Gasteiger partial charge in [0.1, 0.15) is 20.2 Å². The number of hydrogen-bond donors (Lipinski definition) is 0. The molecule has 0 aliphatic carbocycles. The number of amides is 1. The van der Waals surface area contributed by atoms with E-state index in [1.807, 2.05) is 13.8 Å². The van der Waals surface area contributed by atoms with Gasteiger partial charge in [0.25, 0.3) is 0 Å². The molecule has 0 saturated carbocycles. The van der Waals surface area contributed by atoms with E-state index in [0.717, 1.165) is 58.4 Å². The van der Waals surface area contributed by atoms with Gasteiger partial charge in [-0.25, -0.2) is 16.8 Å². The minimum Gasteiger partial charge on any atom is -0.747 e. The van der Waals surface area contributed by atoms with Crippen LogP contribution in [0.15, 0.2) is 0 Å². The minimum atomic E-state index is -5.41. The second-order valence-corrected chi connectivity index (χ2v) is 14.4. The van der Waals surface area contributed by atoms with Crippen molar-refractivity contribution in [2.24, 2.45) is 11.8 Å². The van der Waals surface area contributed by atoms with E-state index in [1.165, 1.54) is 0 Å². The van der Waals surface area contributed by atoms with Crippen LogP contribution in [-0.2, 0) is 58.5 Å². The quantitative estimate of drug-likeness (QED) is 0.0732. The first kappa shape index (κ1) is 47.8. The Bertz CT molecular complexity index is 1300. The average molecular weight is 745 g/mol. The van der Waals surface area contributed by atoms with Gasteiger partial charge >= 0.3 is 11.9 Å². The lowest BCUT2D eigenvalue weighted by molar-refractivity contribution is -0.320. The standard InChI is InChI=1S/C20H38O7S.C9H13NO10S/c1-5-9-11-16(7-3)14-26-19(21)13-18(28(23,24)25)20(22)27-15-17(8-4)12-10-6-2;1-10(4(8(14)15)2-7(12)13)6(11)3-5(9(16)17)21(18,19)20/h16-18H,5-15H2,1-4H3,(H,23,24,25);4-5H,2-3H2,1H3,(H,12,13)(H,14,15)(H,16,17)(H,18,19,20)/p-5. The van der Waals surface area contributed by atoms with Gasteiger partial charge in [-0.3, -0.25) is 14.4 Å². The highest BCUT2D eigenvalue weighted by molar-refractivity contribution is 7.87. The van der Waals surface area contributed by atoms with Crippen molar-refractivity contribution in [2.45, 2.75) is 115 Å². The van der Waals surface area contributed by atoms with E-state index in [9.17, 15) is 70.0 Å². The summed E-state index contributed by atoms with van der Waals surface area (Å²) < 4.78 is 76.5. The fourth-order valence-corrected chi connectivity index (χ4v) is 5.36. The molecule has 18 nitrogen and oxygen atoms in total. The maximum absolute atomic E-state index is 12.1. The van der Waals surface area contributed by atoms with Crippen LogP contribution in [0.4, 0.5) is 0 Å². The van der Waals surface area contributed by atoms with Crippen molar-refractivity contribution in [1.82, 2.24) is 4.90 Å². The molecule has 0 saturated heterocycles. The Morgan fingerprint density at radius 3 is 1.45 bits per heavy atom. The van der Waals surface area contributed by atoms with E-state index >= 15 is 0 Å². The molecule has 0 aromatic heterocycles. The number of likely N-dealkylation sites (N-methyl/N-ethyl adjacent to an activating group) is 1. The number of aliphatic carboxylic acids is 3. The second-order valence-electron chi connectivity index (χ2n) is 11.3. The predicted octanol–water partition coefficient (Wildman–Crippen LogP) is -2.43. The monoisotopic (exact) mass is 744 g/mol. The third kappa shape index (κ3) is 20.7. The Labute approximate surface area is 287 Å². The van der Waals surface area contributed by atoms with Gasteiger partial charge in [-0.2, -0.15) is 0 Å². The van der Waals surface area contributed by atoms with Crippen LogP contribution in [0.3, 0.4) is 0 Å². The number of rotatable bonds is 24. The molecule has 0 radical (unpaired) electrons. The van der Waals surface area contributed by atoms with E-state index < -0.39 is 91.8 Å². The number of carboxylic acid groups (broad SMARTS) is 3. The molecule has 0 aliphatic rings. The molecule has 0 fully saturated rings. The molecule has 0 aliphatic heterocycles. The summed E-state index contributed by atoms with van der Waals surface area (Å²) in [4.78, 5) is 67.5. The number of ether oxygens (including phenoxy) is 2. The van der Waals surface area contributed by atoms with Crippen molar-refractivity contribution in [3.8, 4) is 0 Å². The summed E-state index contributed by atoms with van der Waals surface area (Å²) in [6.07, 6.45) is 4.02. The first-order chi connectivity index (χ1) is 22.6. The molecular formula is C29H46NO17S2-5. The highest BCUT2D eigenvalue weighted by Gasteiger charge is 2.31. The van der Waals surface area contributed by atoms with Gasteiger partial charge in [-0.1, -0.05) is 66.2 Å². The molecule has 0 bridgehead atoms. The first-order valence-electron chi connectivity index (χ1n) is 15.7. The molecule has 0 aromatic rings. The Balaban J connectivity index is 0. The molecule has 1 amide bonds. The highest BCUT2D eigenvalue weighted by atomic mass is 32.2. The minimum absolute atomic E-state index is 0.0470. The summed E-state index contributed by atoms with van der Waals surface area (Å²) in [5, 5.41) is 26.7. The zero-order valence-corrected chi connectivity index (χ0v) is 29.9. The van der Waals surface area contributed by atoms with Gasteiger partial charge in [0.15, 0.2) is 5.25 Å². The maximum Gasteiger partial charge on any atom is 0.323 e. The van der Waals surface area contributed by atoms with Crippen molar-refractivity contribution in [2.75, 3.05) is 20.3 Å². The van der Waals surface area contributed by atoms with Crippen LogP contribution >= 0.6 is 0 Å². The number of unbranched alkanes of at least 4 members (excludes halogenated alkanes) is 2. The Kier molecular flexibility index (Phi) is 23.3. The molecule has 0 aromatic carbocycles. The Morgan fingerprint density at radius 2 is 1.10 bits per heavy atom. The largest absolute Gasteiger partial charge is 0.747 e. The van der Waals surface area contributed by atoms with Crippen LogP contribution in [0, 0.1) is 11.8 Å². The summed E-state index contributed by atoms with van der Waals surface area (Å²) in [6, 6.07) is -2.01. The number of hydrogen-bond acceptors (Lipinski definition) is 17. The van der Waals surface area contributed by atoms with Gasteiger partial charge in [-0.15, -0.1) is 0 Å². The van der Waals surface area contributed by atoms with Crippen LogP contribution in [0.2, 0.25) is 0 Å². The number of nitrogens with zero attached hydrogens (tertiary/aromatic N) is 1. The van der Waals surface area contributed by atoms with Crippen LogP contribution in [0.1, 0.15) is 98.3 Å². The summed E-state index contributed by atoms with van der Waals surface area (Å²) in [6.45, 7) is 8.26. The highest BCUT2D eigenvalue weighted by Crippen LogP contribution is 2.17. The SMILES string of the molecule is CCCCC(CC)COC(=O)CC(C(=O)OCC(CC)CCCC)S(=O)(=O)[O-].CN(C(=O)CC(C(=O)[O-])S(=O)(=O)[O-])C(CC(=O)[O-])C(=O)[O-]. The Hall–Kier alpha value is -3.36. The van der Waals surface area contributed by atoms with Gasteiger partial charge in [0.2, 0.25) is 5.91 Å². The van der Waals surface area contributed by atoms with Gasteiger partial charge in [0.05, 0.1) is 42.9 Å². The van der Waals surface area contributed by atoms with Crippen LogP contribution in [0.5, 0.6) is 0 Å². The molecule has 0 heterocycles. The van der Waals surface area contributed by atoms with Crippen molar-refractivity contribution >= 4 is 56.0 Å². The van der Waals surface area contributed by atoms with E-state index in [4.69, 9.17) is 9.47 Å². The fourth-order valence-electron chi connectivity index (χ4n) is 4.13. The van der Waals surface area contributed by atoms with Crippen LogP contribution < -0.4 is 15.3 Å². The molecule has 5 atom stereocenters. The number of carbonyl (C=O) groups is 6. The van der Waals surface area contributed by atoms with Crippen LogP contribution in [-0.4, -0.2) is 103 Å². The fraction of sp³-hybridized carbons (Fsp3) is 0.793. The molecule has 20 heteroatoms. The van der Waals surface area contributed by atoms with Crippen molar-refractivity contribution in [3.63, 3.8) is 0 Å². The normalized spacial score (nSPS) is 14.5. The smallest absolute Gasteiger partial charge is 0.323 e. The predicted molar refractivity (Wildman–Crippen MR) is 161 cm³/mol. The Morgan fingerprint density at radius 1 is 0.653 bits per heavy atom. The van der Waals surface area contributed by atoms with Crippen LogP contribution in [0.25, 0.3) is 0 Å². The first-order valence-corrected chi connectivity index (χ1v) is 18.6. The molecule has 286 valence electrons. The zero-order chi connectivity index (χ0) is 38.5. The summed E-state index contributed by atoms with van der Waals surface area (Å²) >= 11 is 0. The third-order valence-corrected chi connectivity index (χ3v) is 9.57. The van der Waals surface area contributed by atoms with Crippen molar-refractivity contribution < 1.29 is 79.5 Å². The van der Waals surface area contributed by atoms with E-state index in [0.29, 0.717) is 0 Å². The second kappa shape index (κ2) is 23.9. The van der Waals surface area contributed by atoms with E-state index in [1.54, 1.807) is 0 Å². The number of carboxylic acids is 3. The zero-order valence-electron chi connectivity index (χ0n) is 28.3. The molecular weight excluding hydrogens is 698 g/mol. The third-order valence-electron chi connectivity index (χ3n) is 7.46. The van der Waals surface area contributed by atoms with Gasteiger partial charge in [0, 0.05) is 25.9 Å². The molecule has 0 rings (SSSR count). The summed E-state index contributed by atoms with van der Waals surface area (Å²) in [5.74, 6) is -9.30. The molecule has 5 unspecified atom stereocenters. The maximum atomic E-state index is 12.1. The summed E-state index contributed by atoms with van der Waals surface area (Å²) in [5.41, 5.74) is 0. The molecule has 0 spiro atoms. The van der Waals surface area contributed by atoms with Crippen molar-refractivity contribution in [3.05, 3.63) is 0 Å². The van der Waals surface area contributed by atoms with Gasteiger partial charge < -0.3 is 53.2 Å². The number of carbonyl (C=O) groups excluding carboxylic acids is 6. The lowest BCUT2D eigenvalue weighted by Crippen LogP contribution is -2.53. The lowest BCUT2D eigenvalue weighted by Gasteiger charge is -2.31. The number of esters is 2. The average Bonchev–Trinajstić information content (AvgIpc) is 2.99. The van der Waals surface area contributed by atoms with Gasteiger partial charge in [-0.05, 0) is 24.7 Å².